The Kier molecular flexibility index (Phi) is 5.48. The highest BCUT2D eigenvalue weighted by atomic mass is 19.1. The first-order chi connectivity index (χ1) is 10.7. The van der Waals surface area contributed by atoms with Gasteiger partial charge in [0.25, 0.3) is 0 Å². The summed E-state index contributed by atoms with van der Waals surface area (Å²) >= 11 is 0. The van der Waals surface area contributed by atoms with Gasteiger partial charge >= 0.3 is 0 Å². The predicted octanol–water partition coefficient (Wildman–Crippen LogP) is 3.56. The molecule has 22 heavy (non-hydrogen) atoms. The zero-order chi connectivity index (χ0) is 15.4. The molecule has 0 amide bonds. The van der Waals surface area contributed by atoms with Crippen LogP contribution in [0.3, 0.4) is 0 Å². The molecule has 2 nitrogen and oxygen atoms in total. The summed E-state index contributed by atoms with van der Waals surface area (Å²) in [5.41, 5.74) is 1.25. The smallest absolute Gasteiger partial charge is 0.123 e. The molecule has 122 valence electrons. The van der Waals surface area contributed by atoms with E-state index in [0.717, 1.165) is 24.9 Å². The summed E-state index contributed by atoms with van der Waals surface area (Å²) < 4.78 is 12.9. The third-order valence-corrected chi connectivity index (χ3v) is 5.48. The van der Waals surface area contributed by atoms with E-state index in [9.17, 15) is 4.39 Å². The highest BCUT2D eigenvalue weighted by Crippen LogP contribution is 2.26. The maximum absolute atomic E-state index is 12.9. The maximum atomic E-state index is 12.9. The molecule has 3 rings (SSSR count). The lowest BCUT2D eigenvalue weighted by atomic mass is 9.90. The van der Waals surface area contributed by atoms with Gasteiger partial charge in [-0.15, -0.1) is 0 Å². The highest BCUT2D eigenvalue weighted by Gasteiger charge is 2.26. The van der Waals surface area contributed by atoms with Crippen molar-refractivity contribution in [2.75, 3.05) is 33.2 Å². The number of piperidine rings is 1. The van der Waals surface area contributed by atoms with Crippen LogP contribution in [-0.2, 0) is 6.42 Å². The lowest BCUT2D eigenvalue weighted by Crippen LogP contribution is -2.45. The minimum atomic E-state index is -0.138. The van der Waals surface area contributed by atoms with Gasteiger partial charge in [-0.2, -0.15) is 0 Å². The Morgan fingerprint density at radius 1 is 1.14 bits per heavy atom. The lowest BCUT2D eigenvalue weighted by molar-refractivity contribution is 0.0979. The van der Waals surface area contributed by atoms with Crippen LogP contribution in [0.5, 0.6) is 0 Å². The molecule has 1 aliphatic carbocycles. The van der Waals surface area contributed by atoms with Gasteiger partial charge < -0.3 is 9.80 Å². The molecule has 0 radical (unpaired) electrons. The van der Waals surface area contributed by atoms with Crippen molar-refractivity contribution < 1.29 is 4.39 Å². The van der Waals surface area contributed by atoms with Crippen molar-refractivity contribution in [3.05, 3.63) is 35.6 Å². The van der Waals surface area contributed by atoms with Crippen molar-refractivity contribution in [1.82, 2.24) is 9.80 Å². The normalized spacial score (nSPS) is 23.7. The topological polar surface area (TPSA) is 6.48 Å². The molecule has 1 heterocycles. The molecular weight excluding hydrogens is 275 g/mol. The van der Waals surface area contributed by atoms with Crippen LogP contribution in [0.1, 0.15) is 37.7 Å². The molecule has 0 unspecified atom stereocenters. The summed E-state index contributed by atoms with van der Waals surface area (Å²) in [5, 5.41) is 0. The van der Waals surface area contributed by atoms with Gasteiger partial charge in [-0.25, -0.2) is 4.39 Å². The quantitative estimate of drug-likeness (QED) is 0.793. The van der Waals surface area contributed by atoms with Gasteiger partial charge in [0, 0.05) is 25.7 Å². The Balaban J connectivity index is 1.42. The fraction of sp³-hybridized carbons (Fsp3) is 0.684. The number of hydrogen-bond donors (Lipinski definition) is 0. The van der Waals surface area contributed by atoms with Crippen LogP contribution in [0.4, 0.5) is 4.39 Å². The maximum Gasteiger partial charge on any atom is 0.123 e. The van der Waals surface area contributed by atoms with E-state index in [1.807, 2.05) is 12.1 Å². The van der Waals surface area contributed by atoms with E-state index in [2.05, 4.69) is 16.8 Å². The summed E-state index contributed by atoms with van der Waals surface area (Å²) in [6.45, 7) is 4.83. The number of likely N-dealkylation sites (tertiary alicyclic amines) is 1. The van der Waals surface area contributed by atoms with Crippen molar-refractivity contribution >= 4 is 0 Å². The van der Waals surface area contributed by atoms with Gasteiger partial charge in [0.05, 0.1) is 0 Å². The molecule has 0 aromatic heterocycles. The van der Waals surface area contributed by atoms with Gasteiger partial charge in [0.2, 0.25) is 0 Å². The molecule has 1 saturated heterocycles. The summed E-state index contributed by atoms with van der Waals surface area (Å²) in [7, 11) is 2.31. The molecule has 1 aromatic carbocycles. The largest absolute Gasteiger partial charge is 0.303 e. The molecule has 1 atom stereocenters. The Bertz CT molecular complexity index is 455. The minimum Gasteiger partial charge on any atom is -0.303 e. The van der Waals surface area contributed by atoms with E-state index in [0.29, 0.717) is 0 Å². The van der Waals surface area contributed by atoms with Crippen molar-refractivity contribution in [3.8, 4) is 0 Å². The number of hydrogen-bond acceptors (Lipinski definition) is 2. The van der Waals surface area contributed by atoms with E-state index >= 15 is 0 Å². The van der Waals surface area contributed by atoms with Crippen LogP contribution in [0.25, 0.3) is 0 Å². The molecule has 1 aromatic rings. The van der Waals surface area contributed by atoms with Gasteiger partial charge in [-0.1, -0.05) is 18.6 Å². The second kappa shape index (κ2) is 7.56. The second-order valence-corrected chi connectivity index (χ2v) is 7.21. The van der Waals surface area contributed by atoms with Crippen LogP contribution in [0, 0.1) is 11.7 Å². The molecule has 1 saturated carbocycles. The summed E-state index contributed by atoms with van der Waals surface area (Å²) in [6.07, 6.45) is 7.96. The fourth-order valence-corrected chi connectivity index (χ4v) is 3.83. The fourth-order valence-electron chi connectivity index (χ4n) is 3.83. The summed E-state index contributed by atoms with van der Waals surface area (Å²) in [6, 6.07) is 7.83. The van der Waals surface area contributed by atoms with Crippen LogP contribution in [0.2, 0.25) is 0 Å². The zero-order valence-corrected chi connectivity index (χ0v) is 13.8. The average molecular weight is 304 g/mol. The van der Waals surface area contributed by atoms with Crippen LogP contribution in [0.15, 0.2) is 24.3 Å². The van der Waals surface area contributed by atoms with Crippen molar-refractivity contribution in [2.45, 2.75) is 44.6 Å². The first-order valence-electron chi connectivity index (χ1n) is 8.88. The zero-order valence-electron chi connectivity index (χ0n) is 13.8. The van der Waals surface area contributed by atoms with E-state index in [4.69, 9.17) is 0 Å². The van der Waals surface area contributed by atoms with Crippen LogP contribution >= 0.6 is 0 Å². The van der Waals surface area contributed by atoms with Crippen LogP contribution < -0.4 is 0 Å². The Hall–Kier alpha value is -0.930. The molecule has 0 bridgehead atoms. The van der Waals surface area contributed by atoms with Gasteiger partial charge in [0.1, 0.15) is 5.82 Å². The van der Waals surface area contributed by atoms with E-state index in [1.165, 1.54) is 57.3 Å². The van der Waals surface area contributed by atoms with Gasteiger partial charge in [-0.05, 0) is 69.3 Å². The van der Waals surface area contributed by atoms with E-state index in [1.54, 1.807) is 12.1 Å². The lowest BCUT2D eigenvalue weighted by Gasteiger charge is -2.40. The summed E-state index contributed by atoms with van der Waals surface area (Å²) in [5.74, 6) is 0.688. The average Bonchev–Trinajstić information content (AvgIpc) is 2.45. The Morgan fingerprint density at radius 3 is 2.59 bits per heavy atom. The third-order valence-electron chi connectivity index (χ3n) is 5.48. The number of nitrogens with zero attached hydrogens (tertiary/aromatic N) is 2. The highest BCUT2D eigenvalue weighted by molar-refractivity contribution is 5.16. The predicted molar refractivity (Wildman–Crippen MR) is 89.5 cm³/mol. The molecular formula is C19H29FN2. The first-order valence-corrected chi connectivity index (χ1v) is 8.88. The van der Waals surface area contributed by atoms with Gasteiger partial charge in [-0.3, -0.25) is 0 Å². The van der Waals surface area contributed by atoms with Gasteiger partial charge in [0.15, 0.2) is 0 Å². The second-order valence-electron chi connectivity index (χ2n) is 7.21. The SMILES string of the molecule is CN(C[C@H]1CCCN(CCc2ccc(F)cc2)C1)C1CCC1. The molecule has 2 fully saturated rings. The molecule has 0 spiro atoms. The van der Waals surface area contributed by atoms with Crippen molar-refractivity contribution in [1.29, 1.82) is 0 Å². The number of rotatable bonds is 6. The van der Waals surface area contributed by atoms with Crippen LogP contribution in [-0.4, -0.2) is 49.1 Å². The molecule has 1 aliphatic heterocycles. The number of benzene rings is 1. The molecule has 0 N–H and O–H groups in total. The molecule has 2 aliphatic rings. The Labute approximate surface area is 134 Å². The van der Waals surface area contributed by atoms with E-state index < -0.39 is 0 Å². The third kappa shape index (κ3) is 4.30. The van der Waals surface area contributed by atoms with Crippen molar-refractivity contribution in [3.63, 3.8) is 0 Å². The first kappa shape index (κ1) is 15.9. The Morgan fingerprint density at radius 2 is 1.91 bits per heavy atom. The molecule has 3 heteroatoms. The van der Waals surface area contributed by atoms with Crippen molar-refractivity contribution in [2.24, 2.45) is 5.92 Å². The number of halogens is 1. The standard InChI is InChI=1S/C19H29FN2/c1-21(19-5-2-6-19)14-17-4-3-12-22(15-17)13-11-16-7-9-18(20)10-8-16/h7-10,17,19H,2-6,11-15H2,1H3/t17-/m1/s1. The summed E-state index contributed by atoms with van der Waals surface area (Å²) in [4.78, 5) is 5.20. The monoisotopic (exact) mass is 304 g/mol. The van der Waals surface area contributed by atoms with E-state index in [-0.39, 0.29) is 5.82 Å². The minimum absolute atomic E-state index is 0.138.